The maximum atomic E-state index is 13.0. The van der Waals surface area contributed by atoms with E-state index in [2.05, 4.69) is 40.3 Å². The molecule has 0 unspecified atom stereocenters. The fourth-order valence-corrected chi connectivity index (χ4v) is 4.76. The molecule has 30 heavy (non-hydrogen) atoms. The first-order valence-corrected chi connectivity index (χ1v) is 11.4. The van der Waals surface area contributed by atoms with Crippen molar-refractivity contribution in [1.82, 2.24) is 9.88 Å². The maximum absolute atomic E-state index is 13.0. The SMILES string of the molecule is CCN(C(=O)CN1CCN(c2nc(-c3ccccc3)cs2)CC1)c1ccccc1C. The molecule has 0 spiro atoms. The first-order valence-electron chi connectivity index (χ1n) is 10.5. The first kappa shape index (κ1) is 20.6. The van der Waals surface area contributed by atoms with Crippen LogP contribution in [0.3, 0.4) is 0 Å². The Balaban J connectivity index is 1.34. The lowest BCUT2D eigenvalue weighted by Gasteiger charge is -2.35. The predicted molar refractivity (Wildman–Crippen MR) is 125 cm³/mol. The van der Waals surface area contributed by atoms with Gasteiger partial charge in [0.1, 0.15) is 0 Å². The van der Waals surface area contributed by atoms with Crippen molar-refractivity contribution in [2.24, 2.45) is 0 Å². The summed E-state index contributed by atoms with van der Waals surface area (Å²) in [7, 11) is 0. The zero-order chi connectivity index (χ0) is 20.9. The van der Waals surface area contributed by atoms with Crippen molar-refractivity contribution in [1.29, 1.82) is 0 Å². The van der Waals surface area contributed by atoms with Crippen LogP contribution in [0.2, 0.25) is 0 Å². The summed E-state index contributed by atoms with van der Waals surface area (Å²) in [6.45, 7) is 8.77. The number of aromatic nitrogens is 1. The molecule has 156 valence electrons. The van der Waals surface area contributed by atoms with E-state index < -0.39 is 0 Å². The quantitative estimate of drug-likeness (QED) is 0.596. The van der Waals surface area contributed by atoms with Gasteiger partial charge in [0.25, 0.3) is 0 Å². The molecule has 1 saturated heterocycles. The van der Waals surface area contributed by atoms with Crippen LogP contribution in [-0.4, -0.2) is 55.1 Å². The second-order valence-corrected chi connectivity index (χ2v) is 8.41. The highest BCUT2D eigenvalue weighted by atomic mass is 32.1. The number of amides is 1. The van der Waals surface area contributed by atoms with Crippen molar-refractivity contribution < 1.29 is 4.79 Å². The number of thiazole rings is 1. The van der Waals surface area contributed by atoms with Gasteiger partial charge in [-0.25, -0.2) is 4.98 Å². The number of para-hydroxylation sites is 1. The second kappa shape index (κ2) is 9.41. The molecule has 5 nitrogen and oxygen atoms in total. The molecule has 0 radical (unpaired) electrons. The Labute approximate surface area is 182 Å². The van der Waals surface area contributed by atoms with Crippen LogP contribution in [0.1, 0.15) is 12.5 Å². The number of likely N-dealkylation sites (N-methyl/N-ethyl adjacent to an activating group) is 1. The Morgan fingerprint density at radius 1 is 1.03 bits per heavy atom. The van der Waals surface area contributed by atoms with Crippen LogP contribution in [-0.2, 0) is 4.79 Å². The van der Waals surface area contributed by atoms with Gasteiger partial charge in [0.2, 0.25) is 5.91 Å². The number of piperazine rings is 1. The summed E-state index contributed by atoms with van der Waals surface area (Å²) in [4.78, 5) is 24.3. The Morgan fingerprint density at radius 2 is 1.73 bits per heavy atom. The fraction of sp³-hybridized carbons (Fsp3) is 0.333. The van der Waals surface area contributed by atoms with Crippen LogP contribution in [0.4, 0.5) is 10.8 Å². The highest BCUT2D eigenvalue weighted by Crippen LogP contribution is 2.28. The fourth-order valence-electron chi connectivity index (χ4n) is 3.87. The lowest BCUT2D eigenvalue weighted by atomic mass is 10.1. The smallest absolute Gasteiger partial charge is 0.241 e. The van der Waals surface area contributed by atoms with Crippen LogP contribution in [0, 0.1) is 6.92 Å². The van der Waals surface area contributed by atoms with E-state index in [1.165, 1.54) is 0 Å². The number of rotatable bonds is 6. The normalized spacial score (nSPS) is 14.7. The number of nitrogens with zero attached hydrogens (tertiary/aromatic N) is 4. The summed E-state index contributed by atoms with van der Waals surface area (Å²) < 4.78 is 0. The third-order valence-electron chi connectivity index (χ3n) is 5.59. The molecule has 3 aromatic rings. The van der Waals surface area contributed by atoms with Crippen LogP contribution in [0.15, 0.2) is 60.0 Å². The van der Waals surface area contributed by atoms with E-state index >= 15 is 0 Å². The van der Waals surface area contributed by atoms with Crippen molar-refractivity contribution in [3.63, 3.8) is 0 Å². The topological polar surface area (TPSA) is 39.7 Å². The number of aryl methyl sites for hydroxylation is 1. The number of hydrogen-bond donors (Lipinski definition) is 0. The maximum Gasteiger partial charge on any atom is 0.241 e. The van der Waals surface area contributed by atoms with Crippen molar-refractivity contribution >= 4 is 28.1 Å². The van der Waals surface area contributed by atoms with Gasteiger partial charge in [0.15, 0.2) is 5.13 Å². The summed E-state index contributed by atoms with van der Waals surface area (Å²) >= 11 is 1.69. The van der Waals surface area contributed by atoms with Crippen LogP contribution >= 0.6 is 11.3 Å². The number of hydrogen-bond acceptors (Lipinski definition) is 5. The van der Waals surface area contributed by atoms with E-state index in [0.717, 1.165) is 53.8 Å². The van der Waals surface area contributed by atoms with E-state index in [0.29, 0.717) is 13.1 Å². The minimum Gasteiger partial charge on any atom is -0.346 e. The summed E-state index contributed by atoms with van der Waals surface area (Å²) in [5.74, 6) is 0.167. The Bertz CT molecular complexity index is 980. The monoisotopic (exact) mass is 420 g/mol. The molecule has 1 fully saturated rings. The van der Waals surface area contributed by atoms with E-state index in [1.807, 2.05) is 48.2 Å². The summed E-state index contributed by atoms with van der Waals surface area (Å²) in [5.41, 5.74) is 4.33. The van der Waals surface area contributed by atoms with Gasteiger partial charge < -0.3 is 9.80 Å². The molecular weight excluding hydrogens is 392 g/mol. The third kappa shape index (κ3) is 4.55. The average Bonchev–Trinajstić information content (AvgIpc) is 3.27. The third-order valence-corrected chi connectivity index (χ3v) is 6.49. The van der Waals surface area contributed by atoms with Crippen LogP contribution in [0.5, 0.6) is 0 Å². The molecule has 0 saturated carbocycles. The number of carbonyl (C=O) groups excluding carboxylic acids is 1. The minimum atomic E-state index is 0.167. The van der Waals surface area contributed by atoms with Crippen LogP contribution in [0.25, 0.3) is 11.3 Å². The highest BCUT2D eigenvalue weighted by molar-refractivity contribution is 7.14. The lowest BCUT2D eigenvalue weighted by Crippen LogP contribution is -2.50. The van der Waals surface area contributed by atoms with E-state index in [4.69, 9.17) is 4.98 Å². The van der Waals surface area contributed by atoms with Gasteiger partial charge in [-0.05, 0) is 25.5 Å². The van der Waals surface area contributed by atoms with Gasteiger partial charge in [-0.15, -0.1) is 11.3 Å². The Morgan fingerprint density at radius 3 is 2.43 bits per heavy atom. The van der Waals surface area contributed by atoms with Crippen molar-refractivity contribution in [3.05, 3.63) is 65.5 Å². The highest BCUT2D eigenvalue weighted by Gasteiger charge is 2.24. The van der Waals surface area contributed by atoms with Crippen molar-refractivity contribution in [2.75, 3.05) is 49.1 Å². The van der Waals surface area contributed by atoms with Gasteiger partial charge >= 0.3 is 0 Å². The van der Waals surface area contributed by atoms with Crippen molar-refractivity contribution in [2.45, 2.75) is 13.8 Å². The molecule has 0 N–H and O–H groups in total. The molecule has 0 aliphatic carbocycles. The number of benzene rings is 2. The molecule has 1 aromatic heterocycles. The standard InChI is InChI=1S/C24H28N4OS/c1-3-28(22-12-8-7-9-19(22)2)23(29)17-26-13-15-27(16-14-26)24-25-21(18-30-24)20-10-5-4-6-11-20/h4-12,18H,3,13-17H2,1-2H3. The summed E-state index contributed by atoms with van der Waals surface area (Å²) in [6, 6.07) is 18.4. The molecule has 6 heteroatoms. The van der Waals surface area contributed by atoms with E-state index in [9.17, 15) is 4.79 Å². The predicted octanol–water partition coefficient (Wildman–Crippen LogP) is 4.29. The molecule has 2 heterocycles. The lowest BCUT2D eigenvalue weighted by molar-refractivity contribution is -0.119. The van der Waals surface area contributed by atoms with Gasteiger partial charge in [-0.1, -0.05) is 48.5 Å². The second-order valence-electron chi connectivity index (χ2n) is 7.57. The molecule has 2 aromatic carbocycles. The summed E-state index contributed by atoms with van der Waals surface area (Å²) in [5, 5.41) is 3.19. The van der Waals surface area contributed by atoms with Crippen LogP contribution < -0.4 is 9.80 Å². The number of anilines is 2. The Kier molecular flexibility index (Phi) is 6.45. The molecule has 0 bridgehead atoms. The average molecular weight is 421 g/mol. The van der Waals surface area contributed by atoms with E-state index in [-0.39, 0.29) is 5.91 Å². The van der Waals surface area contributed by atoms with Gasteiger partial charge in [0.05, 0.1) is 12.2 Å². The van der Waals surface area contributed by atoms with Crippen molar-refractivity contribution in [3.8, 4) is 11.3 Å². The summed E-state index contributed by atoms with van der Waals surface area (Å²) in [6.07, 6.45) is 0. The Hall–Kier alpha value is -2.70. The molecule has 1 amide bonds. The zero-order valence-corrected chi connectivity index (χ0v) is 18.4. The molecule has 1 aliphatic rings. The van der Waals surface area contributed by atoms with Gasteiger partial charge in [0, 0.05) is 49.4 Å². The molecule has 0 atom stereocenters. The molecule has 1 aliphatic heterocycles. The number of carbonyl (C=O) groups is 1. The van der Waals surface area contributed by atoms with E-state index in [1.54, 1.807) is 11.3 Å². The molecule has 4 rings (SSSR count). The van der Waals surface area contributed by atoms with Gasteiger partial charge in [-0.2, -0.15) is 0 Å². The zero-order valence-electron chi connectivity index (χ0n) is 17.6. The van der Waals surface area contributed by atoms with Gasteiger partial charge in [-0.3, -0.25) is 9.69 Å². The molecular formula is C24H28N4OS. The first-order chi connectivity index (χ1) is 14.7. The minimum absolute atomic E-state index is 0.167. The largest absolute Gasteiger partial charge is 0.346 e.